The van der Waals surface area contributed by atoms with Gasteiger partial charge in [0, 0.05) is 47.6 Å². The Kier molecular flexibility index (Phi) is 17.9. The number of hydrogen-bond acceptors (Lipinski definition) is 0. The molecule has 0 amide bonds. The Morgan fingerprint density at radius 2 is 0.769 bits per heavy atom. The largest absolute Gasteiger partial charge is 0.116 e. The van der Waals surface area contributed by atoms with E-state index >= 15 is 0 Å². The van der Waals surface area contributed by atoms with Gasteiger partial charge in [-0.2, -0.15) is 0 Å². The van der Waals surface area contributed by atoms with Crippen molar-refractivity contribution in [2.75, 3.05) is 0 Å². The van der Waals surface area contributed by atoms with Crippen molar-refractivity contribution < 1.29 is 0 Å². The number of benzene rings is 3. The number of halogens is 9. The molecule has 0 unspecified atom stereocenters. The lowest BCUT2D eigenvalue weighted by Gasteiger charge is -2.20. The maximum absolute atomic E-state index is 6.07. The monoisotopic (exact) mass is 1520 g/mol. The normalized spacial score (nSPS) is 10.9. The predicted octanol–water partition coefficient (Wildman–Crippen LogP) is 9.36. The van der Waals surface area contributed by atoms with Crippen molar-refractivity contribution in [3.63, 3.8) is 0 Å². The fraction of sp³-hybridized carbons (Fsp3) is 0.308. The zero-order chi connectivity index (χ0) is 30.1. The highest BCUT2D eigenvalue weighted by Crippen LogP contribution is 2.33. The molecule has 0 fully saturated rings. The maximum atomic E-state index is 6.07. The molecule has 6 radical (unpaired) electrons. The number of rotatable bonds is 5. The molecule has 0 bridgehead atoms. The molecule has 0 nitrogen and oxygen atoms in total. The van der Waals surface area contributed by atoms with E-state index in [1.807, 2.05) is 0 Å². The topological polar surface area (TPSA) is 0 Å². The highest BCUT2D eigenvalue weighted by Gasteiger charge is 2.21. The standard InChI is InChI=1S/C18H15B3I6.C8H6BI3/c1-7-13(22)8(2)15(24)10(14(7)23)5-4-6-11-16(25)9(3)17(26)12(18(11)27)21(19)20;1-3-6(10)4(2)8(12)5(9)7(3)11/h4-6H2,1-3H3;1-2H3. The first-order chi connectivity index (χ1) is 18.0. The highest BCUT2D eigenvalue weighted by molar-refractivity contribution is 14.1. The third kappa shape index (κ3) is 9.31. The van der Waals surface area contributed by atoms with E-state index in [4.69, 9.17) is 23.3 Å². The molecule has 0 heterocycles. The molecule has 3 rings (SSSR count). The van der Waals surface area contributed by atoms with Gasteiger partial charge in [-0.25, -0.2) is 0 Å². The summed E-state index contributed by atoms with van der Waals surface area (Å²) in [5.41, 5.74) is 11.6. The lowest BCUT2D eigenvalue weighted by atomic mass is 9.17. The second-order valence-corrected chi connectivity index (χ2v) is 18.8. The van der Waals surface area contributed by atoms with Gasteiger partial charge in [-0.1, -0.05) is 10.9 Å². The molecule has 0 saturated heterocycles. The summed E-state index contributed by atoms with van der Waals surface area (Å²) in [4.78, 5) is 0. The van der Waals surface area contributed by atoms with Crippen molar-refractivity contribution >= 4 is 244 Å². The summed E-state index contributed by atoms with van der Waals surface area (Å²) in [6, 6.07) is 0. The molecule has 0 saturated carbocycles. The molecule has 0 spiro atoms. The van der Waals surface area contributed by atoms with E-state index in [0.717, 1.165) is 30.2 Å². The van der Waals surface area contributed by atoms with Gasteiger partial charge >= 0.3 is 0 Å². The predicted molar refractivity (Wildman–Crippen MR) is 252 cm³/mol. The molecule has 3 aromatic carbocycles. The van der Waals surface area contributed by atoms with Gasteiger partial charge < -0.3 is 0 Å². The minimum atomic E-state index is -0.429. The lowest BCUT2D eigenvalue weighted by Crippen LogP contribution is -2.38. The van der Waals surface area contributed by atoms with Crippen LogP contribution < -0.4 is 10.9 Å². The van der Waals surface area contributed by atoms with E-state index in [-0.39, 0.29) is 0 Å². The summed E-state index contributed by atoms with van der Waals surface area (Å²) in [6.45, 7) is 10.4. The van der Waals surface area contributed by atoms with Crippen LogP contribution in [0.1, 0.15) is 45.4 Å². The molecule has 13 heteroatoms. The molecule has 39 heavy (non-hydrogen) atoms. The number of hydrogen-bond donors (Lipinski definition) is 0. The third-order valence-electron chi connectivity index (χ3n) is 6.48. The summed E-state index contributed by atoms with van der Waals surface area (Å²) < 4.78 is 11.7. The van der Waals surface area contributed by atoms with Crippen molar-refractivity contribution in [3.05, 3.63) is 71.1 Å². The van der Waals surface area contributed by atoms with Gasteiger partial charge in [-0.15, -0.1) is 0 Å². The second-order valence-electron chi connectivity index (χ2n) is 9.11. The van der Waals surface area contributed by atoms with Crippen LogP contribution in [0.25, 0.3) is 0 Å². The Morgan fingerprint density at radius 1 is 0.462 bits per heavy atom. The van der Waals surface area contributed by atoms with Gasteiger partial charge in [-0.3, -0.25) is 0 Å². The fourth-order valence-electron chi connectivity index (χ4n) is 4.05. The van der Waals surface area contributed by atoms with Gasteiger partial charge in [0.05, 0.1) is 6.49 Å². The van der Waals surface area contributed by atoms with Crippen LogP contribution in [0.2, 0.25) is 0 Å². The molecular weight excluding hydrogens is 1500 g/mol. The highest BCUT2D eigenvalue weighted by atomic mass is 127. The molecular formula is C26H21B4I9. The van der Waals surface area contributed by atoms with Crippen LogP contribution in [0.3, 0.4) is 0 Å². The van der Waals surface area contributed by atoms with E-state index < -0.39 is 6.49 Å². The Hall–Kier alpha value is 4.49. The van der Waals surface area contributed by atoms with Gasteiger partial charge in [0.1, 0.15) is 7.85 Å². The third-order valence-corrected chi connectivity index (χ3v) is 19.5. The van der Waals surface area contributed by atoms with E-state index in [1.54, 1.807) is 0 Å². The molecule has 0 N–H and O–H groups in total. The molecule has 0 aromatic heterocycles. The average Bonchev–Trinajstić information content (AvgIpc) is 2.90. The first-order valence-corrected chi connectivity index (χ1v) is 21.4. The Balaban J connectivity index is 0.000000370. The van der Waals surface area contributed by atoms with Crippen LogP contribution in [0.15, 0.2) is 0 Å². The summed E-state index contributed by atoms with van der Waals surface area (Å²) in [6.07, 6.45) is 3.26. The van der Waals surface area contributed by atoms with E-state index in [2.05, 4.69) is 238 Å². The molecule has 0 atom stereocenters. The van der Waals surface area contributed by atoms with Crippen LogP contribution in [-0.4, -0.2) is 29.8 Å². The van der Waals surface area contributed by atoms with Crippen molar-refractivity contribution in [2.24, 2.45) is 0 Å². The summed E-state index contributed by atoms with van der Waals surface area (Å²) in [5, 5.41) is 0. The van der Waals surface area contributed by atoms with Crippen LogP contribution in [0.5, 0.6) is 0 Å². The summed E-state index contributed by atoms with van der Waals surface area (Å²) in [5.74, 6) is 0. The van der Waals surface area contributed by atoms with Crippen LogP contribution in [0, 0.1) is 66.8 Å². The zero-order valence-electron chi connectivity index (χ0n) is 21.8. The smallest absolute Gasteiger partial charge is 0.0725 e. The minimum Gasteiger partial charge on any atom is -0.0725 e. The van der Waals surface area contributed by atoms with Gasteiger partial charge in [0.25, 0.3) is 0 Å². The van der Waals surface area contributed by atoms with Crippen molar-refractivity contribution in [1.82, 2.24) is 0 Å². The van der Waals surface area contributed by atoms with Crippen molar-refractivity contribution in [3.8, 4) is 0 Å². The average molecular weight is 1520 g/mol. The van der Waals surface area contributed by atoms with Gasteiger partial charge in [0.2, 0.25) is 0 Å². The SMILES string of the molecule is [B]B([B])c1c(I)c(C)c(I)c(CCCc2c(I)c(C)c(I)c(C)c2I)c1I.[B]c1c(I)c(C)c(I)c(C)c1I. The van der Waals surface area contributed by atoms with Crippen LogP contribution in [-0.2, 0) is 12.8 Å². The summed E-state index contributed by atoms with van der Waals surface area (Å²) in [7, 11) is 18.1. The van der Waals surface area contributed by atoms with Gasteiger partial charge in [-0.05, 0) is 296 Å². The van der Waals surface area contributed by atoms with Gasteiger partial charge in [0.15, 0.2) is 0 Å². The van der Waals surface area contributed by atoms with E-state index in [9.17, 15) is 0 Å². The first kappa shape index (κ1) is 39.7. The van der Waals surface area contributed by atoms with E-state index in [1.165, 1.54) is 71.1 Å². The quantitative estimate of drug-likeness (QED) is 0.177. The molecule has 200 valence electrons. The fourth-order valence-corrected chi connectivity index (χ4v) is 15.3. The van der Waals surface area contributed by atoms with Crippen LogP contribution >= 0.6 is 203 Å². The summed E-state index contributed by atoms with van der Waals surface area (Å²) >= 11 is 21.8. The second kappa shape index (κ2) is 17.6. The molecule has 0 aliphatic rings. The minimum absolute atomic E-state index is 0.429. The Labute approximate surface area is 361 Å². The zero-order valence-corrected chi connectivity index (χ0v) is 41.2. The molecule has 3 aromatic rings. The Morgan fingerprint density at radius 3 is 1.13 bits per heavy atom. The molecule has 0 aliphatic heterocycles. The maximum Gasteiger partial charge on any atom is 0.116 e. The lowest BCUT2D eigenvalue weighted by molar-refractivity contribution is 0.805. The van der Waals surface area contributed by atoms with Crippen molar-refractivity contribution in [1.29, 1.82) is 0 Å². The van der Waals surface area contributed by atoms with Crippen LogP contribution in [0.4, 0.5) is 0 Å². The Bertz CT molecular complexity index is 1290. The van der Waals surface area contributed by atoms with E-state index in [0.29, 0.717) is 0 Å². The first-order valence-electron chi connectivity index (χ1n) is 11.7. The van der Waals surface area contributed by atoms with Crippen molar-refractivity contribution in [2.45, 2.75) is 53.9 Å². The molecule has 0 aliphatic carbocycles.